The number of esters is 3. The van der Waals surface area contributed by atoms with E-state index >= 15 is 0 Å². The SMILES string of the molecule is CC(=O)Nc1c(C)cc(F)cc1[N+](=O)[O-].CC(=O)Nc1ccc(F)cc1C.CC(=O)OC(C)=O.C[C@@H]1CNC[C@H](CC(=O)OC(C)(C)C)C1.Cc1cc(F)c(Br)c2nccnc12.Cc1cc(F)cc2nccnc12.Cc1cc(F)ccc1N.Cc1cc(N)c(N)cc1F.Cc1cc(N)c([N+](=O)[O-])cc1F.Fc1cc(C(Br)Br)c2nccnc2c1Br.N#Cc1cc(F)c(Br)c2nccnc12.O=CC=O.O=[N+]([O-])O.[B]=NS. The number of carbonyl (C=O) groups is 7. The number of hydrogen-bond acceptors (Lipinski definition) is 31. The van der Waals surface area contributed by atoms with Crippen LogP contribution in [0.5, 0.6) is 0 Å². The molecule has 2 atom stereocenters. The first-order valence-corrected chi connectivity index (χ1v) is 45.8. The van der Waals surface area contributed by atoms with E-state index in [0.29, 0.717) is 99.7 Å². The van der Waals surface area contributed by atoms with E-state index in [9.17, 15) is 83.7 Å². The molecule has 4 aromatic heterocycles. The Bertz CT molecular complexity index is 6690. The normalized spacial score (nSPS) is 11.5. The molecule has 771 valence electrons. The van der Waals surface area contributed by atoms with Gasteiger partial charge in [0.2, 0.25) is 11.8 Å². The van der Waals surface area contributed by atoms with Crippen LogP contribution in [0.25, 0.3) is 44.1 Å². The number of carbonyl (C=O) groups excluding carboxylic acids is 7. The molecule has 0 saturated carbocycles. The summed E-state index contributed by atoms with van der Waals surface area (Å²) in [6.45, 7) is 26.8. The summed E-state index contributed by atoms with van der Waals surface area (Å²) >= 11 is 19.2. The van der Waals surface area contributed by atoms with Gasteiger partial charge in [-0.1, -0.05) is 38.8 Å². The Morgan fingerprint density at radius 3 is 1.38 bits per heavy atom. The van der Waals surface area contributed by atoms with Gasteiger partial charge in [0, 0.05) is 107 Å². The molecule has 1 fully saturated rings. The van der Waals surface area contributed by atoms with Crippen LogP contribution in [-0.2, 0) is 43.0 Å². The fourth-order valence-electron chi connectivity index (χ4n) is 11.5. The first kappa shape index (κ1) is 129. The number of ether oxygens (including phenoxy) is 2. The number of nitro benzene ring substituents is 2. The number of benzene rings is 9. The van der Waals surface area contributed by atoms with E-state index in [1.165, 1.54) is 127 Å². The second-order valence-corrected chi connectivity index (χ2v) is 36.2. The van der Waals surface area contributed by atoms with Gasteiger partial charge in [0.05, 0.1) is 78.1 Å². The summed E-state index contributed by atoms with van der Waals surface area (Å²) in [7, 11) is 4.34. The molecular formula is C93H96BBr5F9N20O16S. The first-order valence-electron chi connectivity index (χ1n) is 41.2. The summed E-state index contributed by atoms with van der Waals surface area (Å²) in [4.78, 5) is 130. The van der Waals surface area contributed by atoms with Gasteiger partial charge in [0.15, 0.2) is 12.6 Å². The van der Waals surface area contributed by atoms with E-state index < -0.39 is 61.6 Å². The standard InChI is InChI=1S/C12H23NO2.C9H4Br3FN2.C9H3BrFN3.C9H6BrFN2.C9H9FN2O3.C9H7FN2.C9H10FNO.C7H7FN2O2.C7H9FN2.C7H8FN.C4H6O3.C2H2O2.BHNS.HNO3/c1-9-5-10(8-13-7-9)6-11(14)15-12(2,3)4;10-6-5(13)3-4(9(11)12)7-8(6)15-2-1-14-7;10-7-6(11)3-5(4-12)8-9(7)14-2-1-13-8;1-5-4-6(11)7(10)9-8(5)12-2-3-13-9;1-5-3-7(10)4-8(12(14)15)9(5)11-6(2)13;1-6-4-7(10)5-8-9(6)12-3-2-11-8;1-6-5-8(10)3-4-9(6)11-7(2)12;1-4-2-6(9)7(10(11)12)3-5(4)8;1-4-2-6(9)7(10)3-5(4)8;1-5-4-6(8)2-3-7(5)9;1-3(5)7-4(2)6;3-1-2-4;1-2-3;2-1(3)4/h9-10,13H,5-8H2,1-4H3;1-3,9H;1-3H;2-4H,1H3;3-4H,1-2H3,(H,11,13);2-5H,1H3;3-5H,1-2H3,(H,11,12);2-3H,9H2,1H3;2-3H,9-10H2,1H3;2-4H,9H2,1H3;1-2H3;1-2H;3H;(H,2,3,4)/t9-,10-;;;;;;;;;;;;;/m0............./s1. The van der Waals surface area contributed by atoms with Crippen molar-refractivity contribution in [2.75, 3.05) is 46.7 Å². The Morgan fingerprint density at radius 2 is 0.938 bits per heavy atom. The van der Waals surface area contributed by atoms with E-state index in [4.69, 9.17) is 57.8 Å². The van der Waals surface area contributed by atoms with Gasteiger partial charge in [0.1, 0.15) is 97.5 Å². The van der Waals surface area contributed by atoms with Crippen molar-refractivity contribution in [1.29, 1.82) is 5.26 Å². The van der Waals surface area contributed by atoms with E-state index in [1.807, 2.05) is 40.7 Å². The molecule has 12 N–H and O–H groups in total. The molecule has 14 rings (SSSR count). The molecule has 0 unspecified atom stereocenters. The zero-order chi connectivity index (χ0) is 111. The van der Waals surface area contributed by atoms with Crippen molar-refractivity contribution in [2.45, 2.75) is 126 Å². The third-order valence-electron chi connectivity index (χ3n) is 17.5. The zero-order valence-corrected chi connectivity index (χ0v) is 88.5. The van der Waals surface area contributed by atoms with Crippen LogP contribution in [-0.4, -0.2) is 129 Å². The number of aryl methyl sites for hydroxylation is 7. The van der Waals surface area contributed by atoms with E-state index in [2.05, 4.69) is 172 Å². The summed E-state index contributed by atoms with van der Waals surface area (Å²) in [6, 6.07) is 24.0. The predicted octanol–water partition coefficient (Wildman–Crippen LogP) is 21.7. The molecule has 0 spiro atoms. The van der Waals surface area contributed by atoms with Gasteiger partial charge < -0.3 is 53.6 Å². The monoisotopic (exact) mass is 2360 g/mol. The van der Waals surface area contributed by atoms with Crippen molar-refractivity contribution in [3.8, 4) is 6.07 Å². The summed E-state index contributed by atoms with van der Waals surface area (Å²) in [5.74, 6) is -4.22. The van der Waals surface area contributed by atoms with Crippen molar-refractivity contribution in [1.82, 2.24) is 45.2 Å². The number of rotatable bonds is 8. The number of nitriles is 1. The van der Waals surface area contributed by atoms with Gasteiger partial charge >= 0.3 is 42.7 Å². The third-order valence-corrected chi connectivity index (χ3v) is 20.7. The molecule has 1 radical (unpaired) electrons. The number of piperidine rings is 1. The van der Waals surface area contributed by atoms with Crippen molar-refractivity contribution < 1.29 is 103 Å². The maximum absolute atomic E-state index is 13.5. The maximum atomic E-state index is 13.5. The molecule has 52 heteroatoms. The molecule has 36 nitrogen and oxygen atoms in total. The van der Waals surface area contributed by atoms with Crippen LogP contribution in [0.2, 0.25) is 0 Å². The van der Waals surface area contributed by atoms with Crippen LogP contribution in [0.1, 0.15) is 122 Å². The fraction of sp³-hybridized carbons (Fsp3) is 0.247. The van der Waals surface area contributed by atoms with Gasteiger partial charge in [-0.05, 0) is 272 Å². The number of fused-ring (bicyclic) bond motifs is 4. The Morgan fingerprint density at radius 1 is 0.531 bits per heavy atom. The number of aromatic nitrogens is 8. The Kier molecular flexibility index (Phi) is 58.0. The van der Waals surface area contributed by atoms with Crippen molar-refractivity contribution >= 4 is 232 Å². The van der Waals surface area contributed by atoms with Crippen molar-refractivity contribution in [2.24, 2.45) is 16.1 Å². The van der Waals surface area contributed by atoms with E-state index in [1.54, 1.807) is 63.9 Å². The zero-order valence-electron chi connectivity index (χ0n) is 79.7. The average Bonchev–Trinajstić information content (AvgIpc) is 0.793. The quantitative estimate of drug-likeness (QED) is 0.00583. The number of nitrogen functional groups attached to an aromatic ring is 4. The summed E-state index contributed by atoms with van der Waals surface area (Å²) < 4.78 is 129. The minimum atomic E-state index is -1.50. The number of nitrogens with zero attached hydrogens (tertiary/aromatic N) is 13. The summed E-state index contributed by atoms with van der Waals surface area (Å²) in [5, 5.41) is 51.5. The van der Waals surface area contributed by atoms with Crippen LogP contribution >= 0.6 is 92.5 Å². The third kappa shape index (κ3) is 48.2. The summed E-state index contributed by atoms with van der Waals surface area (Å²) in [6.07, 6.45) is 14.4. The number of nitro groups is 2. The molecule has 1 aliphatic heterocycles. The van der Waals surface area contributed by atoms with Crippen LogP contribution < -0.4 is 38.9 Å². The van der Waals surface area contributed by atoms with Crippen molar-refractivity contribution in [3.63, 3.8) is 0 Å². The molecule has 0 aliphatic carbocycles. The van der Waals surface area contributed by atoms with Gasteiger partial charge in [-0.2, -0.15) is 5.26 Å². The van der Waals surface area contributed by atoms with Crippen LogP contribution in [0.15, 0.2) is 170 Å². The van der Waals surface area contributed by atoms with Gasteiger partial charge in [0.25, 0.3) is 16.5 Å². The van der Waals surface area contributed by atoms with Crippen LogP contribution in [0, 0.1) is 154 Å². The van der Waals surface area contributed by atoms with Crippen molar-refractivity contribution in [3.05, 3.63) is 299 Å². The molecule has 9 aromatic carbocycles. The van der Waals surface area contributed by atoms with Crippen LogP contribution in [0.4, 0.5) is 85.0 Å². The van der Waals surface area contributed by atoms with Crippen LogP contribution in [0.3, 0.4) is 0 Å². The Labute approximate surface area is 872 Å². The van der Waals surface area contributed by atoms with E-state index in [-0.39, 0.29) is 90.1 Å². The number of amides is 2. The van der Waals surface area contributed by atoms with Gasteiger partial charge in [-0.25, -0.2) is 39.5 Å². The summed E-state index contributed by atoms with van der Waals surface area (Å²) in [5.41, 5.74) is 32.1. The molecule has 0 bridgehead atoms. The molecule has 5 heterocycles. The number of alkyl halides is 2. The number of halogens is 14. The van der Waals surface area contributed by atoms with E-state index in [0.717, 1.165) is 82.6 Å². The molecule has 2 amide bonds. The number of thiol groups is 1. The Balaban J connectivity index is 0.000000792. The fourth-order valence-corrected chi connectivity index (χ4v) is 13.4. The second-order valence-electron chi connectivity index (χ2n) is 30.5. The molecule has 1 saturated heterocycles. The molecular weight excluding hydrogens is 2270 g/mol. The molecule has 13 aromatic rings. The minimum absolute atomic E-state index is 0.0149. The number of nitrogens with one attached hydrogen (secondary N) is 3. The number of hydrogen-bond donors (Lipinski definition) is 9. The topological polar surface area (TPSA) is 567 Å². The second kappa shape index (κ2) is 65.2. The first-order chi connectivity index (χ1) is 67.7. The number of nitrogens with two attached hydrogens (primary N) is 4. The molecule has 1 aliphatic rings. The number of anilines is 6. The predicted molar refractivity (Wildman–Crippen MR) is 552 cm³/mol. The van der Waals surface area contributed by atoms with Gasteiger partial charge in [-0.3, -0.25) is 93.7 Å². The number of aldehydes is 2. The molecule has 145 heavy (non-hydrogen) atoms. The van der Waals surface area contributed by atoms with Gasteiger partial charge in [-0.15, -0.1) is 10.1 Å². The Hall–Kier alpha value is -14.1. The average molecular weight is 2360 g/mol.